The molecule has 1 saturated heterocycles. The highest BCUT2D eigenvalue weighted by Crippen LogP contribution is 2.15. The number of hydrogen-bond donors (Lipinski definition) is 1. The third-order valence-electron chi connectivity index (χ3n) is 3.31. The summed E-state index contributed by atoms with van der Waals surface area (Å²) in [6.45, 7) is 2.63. The molecule has 2 heterocycles. The van der Waals surface area contributed by atoms with Crippen LogP contribution in [0.15, 0.2) is 16.7 Å². The molecule has 1 aromatic heterocycles. The van der Waals surface area contributed by atoms with Crippen LogP contribution in [0.25, 0.3) is 0 Å². The van der Waals surface area contributed by atoms with Crippen molar-refractivity contribution in [3.8, 4) is 6.07 Å². The molecular formula is C14H16N2O4. The van der Waals surface area contributed by atoms with Crippen molar-refractivity contribution in [1.82, 2.24) is 5.32 Å². The van der Waals surface area contributed by atoms with E-state index in [-0.39, 0.29) is 11.7 Å². The Kier molecular flexibility index (Phi) is 4.53. The molecule has 1 aromatic rings. The normalized spacial score (nSPS) is 19.3. The molecule has 0 saturated carbocycles. The maximum atomic E-state index is 12.1. The molecule has 6 nitrogen and oxygen atoms in total. The van der Waals surface area contributed by atoms with Gasteiger partial charge in [-0.25, -0.2) is 0 Å². The maximum Gasteiger partial charge on any atom is 0.245 e. The van der Waals surface area contributed by atoms with Crippen LogP contribution >= 0.6 is 0 Å². The molecule has 1 aliphatic rings. The molecule has 0 radical (unpaired) electrons. The van der Waals surface area contributed by atoms with Crippen LogP contribution in [0, 0.1) is 24.2 Å². The number of amides is 1. The average Bonchev–Trinajstić information content (AvgIpc) is 3.08. The molecule has 1 fully saturated rings. The van der Waals surface area contributed by atoms with Crippen LogP contribution in [0.4, 0.5) is 0 Å². The summed E-state index contributed by atoms with van der Waals surface area (Å²) in [5.41, 5.74) is 0.267. The lowest BCUT2D eigenvalue weighted by Gasteiger charge is -2.12. The van der Waals surface area contributed by atoms with Gasteiger partial charge in [-0.3, -0.25) is 9.59 Å². The predicted molar refractivity (Wildman–Crippen MR) is 68.9 cm³/mol. The van der Waals surface area contributed by atoms with Gasteiger partial charge in [0.25, 0.3) is 0 Å². The van der Waals surface area contributed by atoms with Crippen LogP contribution in [0.5, 0.6) is 0 Å². The van der Waals surface area contributed by atoms with E-state index in [1.807, 2.05) is 0 Å². The lowest BCUT2D eigenvalue weighted by Crippen LogP contribution is -2.38. The molecule has 2 atom stereocenters. The number of ether oxygens (including phenoxy) is 1. The van der Waals surface area contributed by atoms with Crippen molar-refractivity contribution in [1.29, 1.82) is 5.26 Å². The minimum absolute atomic E-state index is 0.0240. The molecular weight excluding hydrogens is 260 g/mol. The van der Waals surface area contributed by atoms with Gasteiger partial charge in [-0.1, -0.05) is 0 Å². The van der Waals surface area contributed by atoms with Crippen molar-refractivity contribution in [2.75, 3.05) is 13.2 Å². The van der Waals surface area contributed by atoms with Crippen LogP contribution in [0.2, 0.25) is 0 Å². The zero-order chi connectivity index (χ0) is 14.5. The molecule has 0 aromatic carbocycles. The van der Waals surface area contributed by atoms with E-state index in [1.165, 1.54) is 12.3 Å². The Morgan fingerprint density at radius 3 is 2.95 bits per heavy atom. The number of ketones is 1. The van der Waals surface area contributed by atoms with E-state index in [1.54, 1.807) is 13.0 Å². The molecule has 0 bridgehead atoms. The van der Waals surface area contributed by atoms with Crippen LogP contribution in [0.3, 0.4) is 0 Å². The first-order valence-corrected chi connectivity index (χ1v) is 6.50. The Balaban J connectivity index is 1.97. The van der Waals surface area contributed by atoms with Gasteiger partial charge >= 0.3 is 0 Å². The highest BCUT2D eigenvalue weighted by atomic mass is 16.5. The van der Waals surface area contributed by atoms with Gasteiger partial charge in [0.05, 0.1) is 24.0 Å². The molecule has 0 unspecified atom stereocenters. The van der Waals surface area contributed by atoms with E-state index in [0.29, 0.717) is 18.9 Å². The molecule has 2 rings (SSSR count). The second kappa shape index (κ2) is 6.35. The fourth-order valence-electron chi connectivity index (χ4n) is 2.15. The largest absolute Gasteiger partial charge is 0.469 e. The number of carbonyl (C=O) groups is 2. The van der Waals surface area contributed by atoms with Gasteiger partial charge in [-0.2, -0.15) is 5.26 Å². The predicted octanol–water partition coefficient (Wildman–Crippen LogP) is 1.21. The summed E-state index contributed by atoms with van der Waals surface area (Å²) in [5, 5.41) is 11.7. The Bertz CT molecular complexity index is 538. The van der Waals surface area contributed by atoms with Gasteiger partial charge in [0.2, 0.25) is 5.91 Å². The van der Waals surface area contributed by atoms with Crippen molar-refractivity contribution < 1.29 is 18.7 Å². The number of rotatable bonds is 5. The molecule has 1 N–H and O–H groups in total. The lowest BCUT2D eigenvalue weighted by molar-refractivity contribution is -0.122. The minimum Gasteiger partial charge on any atom is -0.469 e. The summed E-state index contributed by atoms with van der Waals surface area (Å²) in [4.78, 5) is 24.1. The summed E-state index contributed by atoms with van der Waals surface area (Å²) >= 11 is 0. The van der Waals surface area contributed by atoms with E-state index in [9.17, 15) is 9.59 Å². The van der Waals surface area contributed by atoms with E-state index in [0.717, 1.165) is 12.8 Å². The number of aryl methyl sites for hydroxylation is 1. The van der Waals surface area contributed by atoms with Gasteiger partial charge in [-0.15, -0.1) is 0 Å². The number of Topliss-reactive ketones (excluding diaryl/α,β-unsaturated/α-hetero) is 1. The van der Waals surface area contributed by atoms with Crippen molar-refractivity contribution in [3.05, 3.63) is 23.7 Å². The summed E-state index contributed by atoms with van der Waals surface area (Å²) in [6, 6.07) is 3.22. The molecule has 106 valence electrons. The summed E-state index contributed by atoms with van der Waals surface area (Å²) in [6.07, 6.45) is 3.19. The van der Waals surface area contributed by atoms with Crippen LogP contribution in [-0.4, -0.2) is 30.9 Å². The van der Waals surface area contributed by atoms with E-state index < -0.39 is 17.6 Å². The van der Waals surface area contributed by atoms with E-state index in [2.05, 4.69) is 5.32 Å². The summed E-state index contributed by atoms with van der Waals surface area (Å²) < 4.78 is 10.4. The standard InChI is InChI=1S/C14H16N2O4/c1-9-11(4-6-19-9)13(17)12(7-15)14(18)16-8-10-3-2-5-20-10/h4,6,10,12H,2-3,5,8H2,1H3,(H,16,18)/t10-,12-/m1/s1. The molecule has 20 heavy (non-hydrogen) atoms. The molecule has 0 spiro atoms. The first kappa shape index (κ1) is 14.3. The molecule has 1 aliphatic heterocycles. The van der Waals surface area contributed by atoms with Crippen molar-refractivity contribution in [3.63, 3.8) is 0 Å². The quantitative estimate of drug-likeness (QED) is 0.644. The Morgan fingerprint density at radius 2 is 2.40 bits per heavy atom. The fourth-order valence-corrected chi connectivity index (χ4v) is 2.15. The first-order chi connectivity index (χ1) is 9.63. The SMILES string of the molecule is Cc1occc1C(=O)[C@@H](C#N)C(=O)NC[C@H]1CCCO1. The summed E-state index contributed by atoms with van der Waals surface area (Å²) in [7, 11) is 0. The second-order valence-electron chi connectivity index (χ2n) is 4.70. The smallest absolute Gasteiger partial charge is 0.245 e. The van der Waals surface area contributed by atoms with Gasteiger partial charge < -0.3 is 14.5 Å². The van der Waals surface area contributed by atoms with E-state index in [4.69, 9.17) is 14.4 Å². The van der Waals surface area contributed by atoms with Crippen molar-refractivity contribution in [2.24, 2.45) is 5.92 Å². The van der Waals surface area contributed by atoms with Crippen LogP contribution in [-0.2, 0) is 9.53 Å². The molecule has 1 amide bonds. The van der Waals surface area contributed by atoms with Gasteiger partial charge in [0, 0.05) is 13.2 Å². The minimum atomic E-state index is -1.35. The number of hydrogen-bond acceptors (Lipinski definition) is 5. The monoisotopic (exact) mass is 276 g/mol. The van der Waals surface area contributed by atoms with Crippen molar-refractivity contribution in [2.45, 2.75) is 25.9 Å². The Labute approximate surface area is 116 Å². The van der Waals surface area contributed by atoms with Crippen LogP contribution < -0.4 is 5.32 Å². The third kappa shape index (κ3) is 3.06. The van der Waals surface area contributed by atoms with Gasteiger partial charge in [0.1, 0.15) is 5.76 Å². The van der Waals surface area contributed by atoms with Crippen molar-refractivity contribution >= 4 is 11.7 Å². The van der Waals surface area contributed by atoms with E-state index >= 15 is 0 Å². The van der Waals surface area contributed by atoms with Gasteiger partial charge in [-0.05, 0) is 25.8 Å². The zero-order valence-corrected chi connectivity index (χ0v) is 11.2. The first-order valence-electron chi connectivity index (χ1n) is 6.50. The number of nitrogens with zero attached hydrogens (tertiary/aromatic N) is 1. The molecule has 0 aliphatic carbocycles. The van der Waals surface area contributed by atoms with Gasteiger partial charge in [0.15, 0.2) is 11.7 Å². The van der Waals surface area contributed by atoms with Crippen LogP contribution in [0.1, 0.15) is 29.0 Å². The highest BCUT2D eigenvalue weighted by Gasteiger charge is 2.30. The number of nitrogens with one attached hydrogen (secondary N) is 1. The number of nitriles is 1. The average molecular weight is 276 g/mol. The lowest BCUT2D eigenvalue weighted by atomic mass is 9.98. The Hall–Kier alpha value is -2.13. The second-order valence-corrected chi connectivity index (χ2v) is 4.70. The highest BCUT2D eigenvalue weighted by molar-refractivity contribution is 6.12. The maximum absolute atomic E-state index is 12.1. The number of carbonyl (C=O) groups excluding carboxylic acids is 2. The topological polar surface area (TPSA) is 92.3 Å². The Morgan fingerprint density at radius 1 is 1.60 bits per heavy atom. The third-order valence-corrected chi connectivity index (χ3v) is 3.31. The zero-order valence-electron chi connectivity index (χ0n) is 11.2. The summed E-state index contributed by atoms with van der Waals surface area (Å²) in [5.74, 6) is -2.08. The molecule has 6 heteroatoms. The fraction of sp³-hybridized carbons (Fsp3) is 0.500. The number of furan rings is 1.